The Hall–Kier alpha value is -1.74. The van der Waals surface area contributed by atoms with Crippen LogP contribution in [-0.4, -0.2) is 38.1 Å². The van der Waals surface area contributed by atoms with Crippen LogP contribution < -0.4 is 11.4 Å². The molecule has 0 radical (unpaired) electrons. The minimum absolute atomic E-state index is 0.0897. The van der Waals surface area contributed by atoms with Crippen LogP contribution in [0, 0.1) is 0 Å². The molecule has 114 valence electrons. The number of azide groups is 1. The van der Waals surface area contributed by atoms with E-state index in [0.717, 1.165) is 0 Å². The Morgan fingerprint density at radius 1 is 1.71 bits per heavy atom. The molecule has 11 nitrogen and oxygen atoms in total. The number of ether oxygens (including phenoxy) is 1. The number of nitrogens with two attached hydrogens (primary N) is 1. The molecule has 1 saturated heterocycles. The average Bonchev–Trinajstić information content (AvgIpc) is 2.80. The summed E-state index contributed by atoms with van der Waals surface area (Å²) in [5.74, 6) is 0.0897. The smallest absolute Gasteiger partial charge is 0.351 e. The van der Waals surface area contributed by atoms with Crippen molar-refractivity contribution in [1.82, 2.24) is 9.55 Å². The van der Waals surface area contributed by atoms with Gasteiger partial charge in [-0.1, -0.05) is 5.11 Å². The largest absolute Gasteiger partial charge is 0.383 e. The Balaban J connectivity index is 2.16. The molecule has 1 aromatic rings. The van der Waals surface area contributed by atoms with Crippen molar-refractivity contribution in [3.05, 3.63) is 33.2 Å². The van der Waals surface area contributed by atoms with E-state index in [1.165, 1.54) is 16.8 Å². The summed E-state index contributed by atoms with van der Waals surface area (Å²) in [6.07, 6.45) is 0.271. The number of rotatable bonds is 5. The van der Waals surface area contributed by atoms with Crippen LogP contribution in [0.25, 0.3) is 10.4 Å². The first kappa shape index (κ1) is 15.6. The fourth-order valence-electron chi connectivity index (χ4n) is 2.01. The van der Waals surface area contributed by atoms with Gasteiger partial charge in [0.05, 0.1) is 18.8 Å². The summed E-state index contributed by atoms with van der Waals surface area (Å²) in [5.41, 5.74) is 13.4. The van der Waals surface area contributed by atoms with E-state index in [1.807, 2.05) is 0 Å². The Kier molecular flexibility index (Phi) is 5.07. The summed E-state index contributed by atoms with van der Waals surface area (Å²) < 4.78 is 11.5. The van der Waals surface area contributed by atoms with Gasteiger partial charge in [0.2, 0.25) is 0 Å². The Morgan fingerprint density at radius 2 is 2.48 bits per heavy atom. The van der Waals surface area contributed by atoms with Gasteiger partial charge in [0.25, 0.3) is 0 Å². The zero-order valence-electron chi connectivity index (χ0n) is 10.7. The van der Waals surface area contributed by atoms with Crippen molar-refractivity contribution in [3.8, 4) is 0 Å². The number of hydrogen-bond acceptors (Lipinski definition) is 8. The summed E-state index contributed by atoms with van der Waals surface area (Å²) >= 11 is 0. The molecule has 1 aliphatic heterocycles. The summed E-state index contributed by atoms with van der Waals surface area (Å²) in [6.45, 7) is -0.171. The number of aromatic nitrogens is 2. The zero-order chi connectivity index (χ0) is 15.4. The average molecular weight is 316 g/mol. The van der Waals surface area contributed by atoms with E-state index in [0.29, 0.717) is 0 Å². The highest BCUT2D eigenvalue weighted by Crippen LogP contribution is 2.33. The van der Waals surface area contributed by atoms with E-state index in [-0.39, 0.29) is 18.8 Å². The van der Waals surface area contributed by atoms with Crippen molar-refractivity contribution < 1.29 is 19.0 Å². The molecule has 0 saturated carbocycles. The van der Waals surface area contributed by atoms with Crippen LogP contribution in [0.2, 0.25) is 0 Å². The van der Waals surface area contributed by atoms with E-state index in [1.54, 1.807) is 0 Å². The lowest BCUT2D eigenvalue weighted by atomic mass is 10.1. The van der Waals surface area contributed by atoms with E-state index in [2.05, 4.69) is 19.5 Å². The van der Waals surface area contributed by atoms with Gasteiger partial charge in [0, 0.05) is 17.5 Å². The van der Waals surface area contributed by atoms with Gasteiger partial charge in [-0.25, -0.2) is 4.79 Å². The Bertz CT molecular complexity index is 603. The van der Waals surface area contributed by atoms with E-state index >= 15 is 0 Å². The maximum Gasteiger partial charge on any atom is 0.351 e. The van der Waals surface area contributed by atoms with Crippen molar-refractivity contribution in [2.24, 2.45) is 5.11 Å². The Labute approximate surface area is 119 Å². The lowest BCUT2D eigenvalue weighted by molar-refractivity contribution is -0.0239. The molecule has 0 spiro atoms. The lowest BCUT2D eigenvalue weighted by Gasteiger charge is -2.16. The standard InChI is InChI=1S/C9H13N6O5P/c10-7-1-2-15(9(16)12-7)8-3-5(13-14-11)6(20-8)4-19-21(17)18/h1-2,5-6,8,17-18H,3-4H2,(H2,10,12,16)/t5-,6+,8+/m0/s1. The van der Waals surface area contributed by atoms with Gasteiger partial charge in [-0.05, 0) is 11.6 Å². The molecule has 0 amide bonds. The second kappa shape index (κ2) is 6.81. The Morgan fingerprint density at radius 3 is 3.10 bits per heavy atom. The molecule has 0 unspecified atom stereocenters. The van der Waals surface area contributed by atoms with Crippen molar-refractivity contribution >= 4 is 14.4 Å². The van der Waals surface area contributed by atoms with Crippen LogP contribution >= 0.6 is 8.60 Å². The quantitative estimate of drug-likeness (QED) is 0.297. The lowest BCUT2D eigenvalue weighted by Crippen LogP contribution is -2.28. The molecule has 12 heteroatoms. The zero-order valence-corrected chi connectivity index (χ0v) is 11.6. The third-order valence-corrected chi connectivity index (χ3v) is 3.30. The van der Waals surface area contributed by atoms with Crippen molar-refractivity contribution in [1.29, 1.82) is 0 Å². The third kappa shape index (κ3) is 3.88. The van der Waals surface area contributed by atoms with Crippen LogP contribution in [0.4, 0.5) is 5.82 Å². The highest BCUT2D eigenvalue weighted by atomic mass is 31.2. The van der Waals surface area contributed by atoms with Crippen LogP contribution in [-0.2, 0) is 9.26 Å². The fourth-order valence-corrected chi connectivity index (χ4v) is 2.29. The molecule has 1 fully saturated rings. The number of nitrogen functional groups attached to an aromatic ring is 1. The minimum atomic E-state index is -2.54. The van der Waals surface area contributed by atoms with Gasteiger partial charge >= 0.3 is 14.3 Å². The number of anilines is 1. The van der Waals surface area contributed by atoms with Gasteiger partial charge in [0.15, 0.2) is 0 Å². The van der Waals surface area contributed by atoms with Gasteiger partial charge < -0.3 is 24.8 Å². The second-order valence-corrected chi connectivity index (χ2v) is 4.99. The first-order valence-electron chi connectivity index (χ1n) is 5.86. The molecule has 3 atom stereocenters. The monoisotopic (exact) mass is 316 g/mol. The SMILES string of the molecule is [N-]=[N+]=N[C@H]1C[C@H](n2ccc(N)nc2=O)O[C@@H]1COP(O)O. The molecule has 0 aliphatic carbocycles. The maximum atomic E-state index is 11.7. The number of hydrogen-bond donors (Lipinski definition) is 3. The minimum Gasteiger partial charge on any atom is -0.383 e. The highest BCUT2D eigenvalue weighted by Gasteiger charge is 2.36. The first-order valence-corrected chi connectivity index (χ1v) is 7.03. The second-order valence-electron chi connectivity index (χ2n) is 4.23. The molecule has 2 heterocycles. The van der Waals surface area contributed by atoms with E-state index in [4.69, 9.17) is 25.8 Å². The molecule has 0 aromatic carbocycles. The predicted molar refractivity (Wildman–Crippen MR) is 71.7 cm³/mol. The highest BCUT2D eigenvalue weighted by molar-refractivity contribution is 7.39. The topological polar surface area (TPSA) is 169 Å². The van der Waals surface area contributed by atoms with Gasteiger partial charge in [-0.3, -0.25) is 4.57 Å². The van der Waals surface area contributed by atoms with Crippen LogP contribution in [0.3, 0.4) is 0 Å². The van der Waals surface area contributed by atoms with Gasteiger partial charge in [0.1, 0.15) is 12.0 Å². The first-order chi connectivity index (χ1) is 10.0. The van der Waals surface area contributed by atoms with Crippen LogP contribution in [0.1, 0.15) is 12.6 Å². The predicted octanol–water partition coefficient (Wildman–Crippen LogP) is 0.0200. The summed E-state index contributed by atoms with van der Waals surface area (Å²) in [4.78, 5) is 35.5. The summed E-state index contributed by atoms with van der Waals surface area (Å²) in [6, 6.07) is 0.845. The van der Waals surface area contributed by atoms with E-state index in [9.17, 15) is 4.79 Å². The molecule has 21 heavy (non-hydrogen) atoms. The van der Waals surface area contributed by atoms with Crippen LogP contribution in [0.15, 0.2) is 22.2 Å². The maximum absolute atomic E-state index is 11.7. The van der Waals surface area contributed by atoms with Gasteiger partial charge in [-0.2, -0.15) is 4.98 Å². The summed E-state index contributed by atoms with van der Waals surface area (Å²) in [5, 5.41) is 3.56. The van der Waals surface area contributed by atoms with Crippen LogP contribution in [0.5, 0.6) is 0 Å². The van der Waals surface area contributed by atoms with Crippen molar-refractivity contribution in [2.45, 2.75) is 24.8 Å². The molecule has 4 N–H and O–H groups in total. The van der Waals surface area contributed by atoms with Crippen molar-refractivity contribution in [2.75, 3.05) is 12.3 Å². The summed E-state index contributed by atoms with van der Waals surface area (Å²) in [7, 11) is -2.54. The molecule has 1 aromatic heterocycles. The van der Waals surface area contributed by atoms with Crippen molar-refractivity contribution in [3.63, 3.8) is 0 Å². The normalized spacial score (nSPS) is 25.0. The molecule has 1 aliphatic rings. The van der Waals surface area contributed by atoms with Gasteiger partial charge in [-0.15, -0.1) is 0 Å². The molecule has 2 rings (SSSR count). The molecule has 0 bridgehead atoms. The fraction of sp³-hybridized carbons (Fsp3) is 0.556. The number of nitrogens with zero attached hydrogens (tertiary/aromatic N) is 5. The third-order valence-electron chi connectivity index (χ3n) is 2.92. The molecular weight excluding hydrogens is 303 g/mol. The molecular formula is C9H13N6O5P. The van der Waals surface area contributed by atoms with E-state index < -0.39 is 32.7 Å².